The molecule has 0 aromatic carbocycles. The van der Waals surface area contributed by atoms with Crippen LogP contribution in [0.1, 0.15) is 177 Å². The highest BCUT2D eigenvalue weighted by Gasteiger charge is 2.56. The van der Waals surface area contributed by atoms with Crippen LogP contribution in [0, 0.1) is 41.4 Å². The van der Waals surface area contributed by atoms with Crippen LogP contribution in [0.3, 0.4) is 0 Å². The molecule has 0 aromatic rings. The number of amides is 12. The second kappa shape index (κ2) is 38.0. The lowest BCUT2D eigenvalue weighted by molar-refractivity contribution is -0.219. The van der Waals surface area contributed by atoms with Gasteiger partial charge in [-0.1, -0.05) is 67.2 Å². The number of halogens is 8. The van der Waals surface area contributed by atoms with Crippen LogP contribution in [0.25, 0.3) is 0 Å². The summed E-state index contributed by atoms with van der Waals surface area (Å²) in [5.41, 5.74) is -1.74. The minimum Gasteiger partial charge on any atom is -0.378 e. The standard InChI is InChI=1S/C75H118F8N12O14/c1-15-43(6)61-70(105)88(10)45(8)65(100)94-29-26-53(94)68(103)90(12)56(37-46-20-23-48(24-21-46)74(78,79)80)67(102)87(9)41-58(96)84-52(25-22-47-35-50(76)60(51(77)36-47)75(81,82)83)66(101)95-40-49(109-17-3)38-55(95)64(99)86-73(27-18-19-28-73)72(107)92(14)62(44(7)16-2)71(106)91(13)57(69(104)93-30-32-108-33-31-93)39-59(97)89(11)54(34-42(4)5)63(98)85-61/h42-57,60-62H,15-41H2,1-14H3,(H,84,96)(H,85,98)(H,86,99)/t43-,44-,45-,46?,47?,48?,49+,50?,51?,52-,53-,54-,55-,56-,57-,60?,61-,62-/m0/s1. The normalized spacial score (nSPS) is 32.4. The van der Waals surface area contributed by atoms with Gasteiger partial charge in [0.15, 0.2) is 0 Å². The van der Waals surface area contributed by atoms with Gasteiger partial charge < -0.3 is 69.5 Å². The molecule has 7 rings (SSSR count). The minimum atomic E-state index is -5.22. The molecule has 0 radical (unpaired) electrons. The number of morpholine rings is 1. The Bertz CT molecular complexity index is 3210. The lowest BCUT2D eigenvalue weighted by Gasteiger charge is -2.45. The van der Waals surface area contributed by atoms with Crippen molar-refractivity contribution in [3.63, 3.8) is 0 Å². The summed E-state index contributed by atoms with van der Waals surface area (Å²) in [4.78, 5) is 192. The van der Waals surface area contributed by atoms with E-state index >= 15 is 42.3 Å². The zero-order valence-corrected chi connectivity index (χ0v) is 65.8. The quantitative estimate of drug-likeness (QED) is 0.173. The van der Waals surface area contributed by atoms with E-state index in [1.807, 2.05) is 13.8 Å². The Balaban J connectivity index is 1.32. The molecule has 3 aliphatic carbocycles. The van der Waals surface area contributed by atoms with Crippen molar-refractivity contribution in [2.45, 2.75) is 268 Å². The molecule has 12 amide bonds. The van der Waals surface area contributed by atoms with Crippen LogP contribution in [-0.2, 0) is 67.0 Å². The highest BCUT2D eigenvalue weighted by atomic mass is 19.4. The number of nitrogens with one attached hydrogen (secondary N) is 3. The van der Waals surface area contributed by atoms with Crippen LogP contribution in [0.2, 0.25) is 0 Å². The van der Waals surface area contributed by atoms with Crippen LogP contribution < -0.4 is 16.0 Å². The van der Waals surface area contributed by atoms with E-state index in [1.165, 1.54) is 68.8 Å². The van der Waals surface area contributed by atoms with Crippen LogP contribution in [0.4, 0.5) is 35.1 Å². The number of nitrogens with zero attached hydrogens (tertiary/aromatic N) is 9. The second-order valence-corrected chi connectivity index (χ2v) is 32.2. The van der Waals surface area contributed by atoms with Crippen molar-refractivity contribution in [1.29, 1.82) is 0 Å². The van der Waals surface area contributed by atoms with Gasteiger partial charge >= 0.3 is 12.4 Å². The second-order valence-electron chi connectivity index (χ2n) is 32.2. The smallest absolute Gasteiger partial charge is 0.378 e. The van der Waals surface area contributed by atoms with Gasteiger partial charge in [0.25, 0.3) is 0 Å². The van der Waals surface area contributed by atoms with Crippen molar-refractivity contribution in [3.8, 4) is 0 Å². The molecule has 14 atom stereocenters. The molecule has 4 heterocycles. The molecular weight excluding hydrogens is 1440 g/mol. The highest BCUT2D eigenvalue weighted by Crippen LogP contribution is 2.45. The van der Waals surface area contributed by atoms with E-state index in [1.54, 1.807) is 34.6 Å². The first-order valence-electron chi connectivity index (χ1n) is 39.0. The van der Waals surface area contributed by atoms with Crippen molar-refractivity contribution in [2.24, 2.45) is 41.4 Å². The monoisotopic (exact) mass is 1560 g/mol. The molecule has 2 unspecified atom stereocenters. The Morgan fingerprint density at radius 3 is 1.76 bits per heavy atom. The maximum Gasteiger partial charge on any atom is 0.397 e. The Kier molecular flexibility index (Phi) is 31.1. The molecule has 7 aliphatic rings. The maximum absolute atomic E-state index is 15.7. The van der Waals surface area contributed by atoms with Gasteiger partial charge in [-0.05, 0) is 127 Å². The third kappa shape index (κ3) is 21.2. The lowest BCUT2D eigenvalue weighted by Crippen LogP contribution is -2.65. The number of hydrogen-bond acceptors (Lipinski definition) is 14. The summed E-state index contributed by atoms with van der Waals surface area (Å²) in [5, 5.41) is 8.45. The maximum atomic E-state index is 15.7. The van der Waals surface area contributed by atoms with Gasteiger partial charge in [-0.2, -0.15) is 26.3 Å². The fourth-order valence-corrected chi connectivity index (χ4v) is 17.0. The van der Waals surface area contributed by atoms with Gasteiger partial charge in [-0.3, -0.25) is 57.5 Å². The first-order chi connectivity index (χ1) is 51.0. The van der Waals surface area contributed by atoms with Gasteiger partial charge in [-0.15, -0.1) is 0 Å². The Hall–Kier alpha value is -7.00. The first kappa shape index (κ1) is 89.2. The molecule has 618 valence electrons. The van der Waals surface area contributed by atoms with Crippen LogP contribution in [0.15, 0.2) is 0 Å². The number of carbonyl (C=O) groups excluding carboxylic acids is 12. The Morgan fingerprint density at radius 1 is 0.615 bits per heavy atom. The number of fused-ring (bicyclic) bond motifs is 2. The van der Waals surface area contributed by atoms with Gasteiger partial charge in [0.05, 0.1) is 38.2 Å². The average Bonchev–Trinajstić information content (AvgIpc) is 1.66. The van der Waals surface area contributed by atoms with E-state index in [0.717, 1.165) is 24.5 Å². The van der Waals surface area contributed by atoms with Crippen molar-refractivity contribution >= 4 is 70.9 Å². The van der Waals surface area contributed by atoms with E-state index in [9.17, 15) is 50.3 Å². The third-order valence-corrected chi connectivity index (χ3v) is 24.4. The summed E-state index contributed by atoms with van der Waals surface area (Å²) in [7, 11) is 7.92. The van der Waals surface area contributed by atoms with Crippen molar-refractivity contribution in [2.75, 3.05) is 94.8 Å². The first-order valence-corrected chi connectivity index (χ1v) is 39.0. The molecule has 7 fully saturated rings. The molecule has 0 bridgehead atoms. The highest BCUT2D eigenvalue weighted by molar-refractivity contribution is 6.01. The zero-order valence-electron chi connectivity index (χ0n) is 65.8. The van der Waals surface area contributed by atoms with E-state index < -0.39 is 229 Å². The van der Waals surface area contributed by atoms with E-state index in [2.05, 4.69) is 16.0 Å². The minimum absolute atomic E-state index is 0.00369. The van der Waals surface area contributed by atoms with Gasteiger partial charge in [0, 0.05) is 81.5 Å². The van der Waals surface area contributed by atoms with Gasteiger partial charge in [0.2, 0.25) is 70.9 Å². The third-order valence-electron chi connectivity index (χ3n) is 24.4. The number of alkyl halides is 8. The molecule has 109 heavy (non-hydrogen) atoms. The molecule has 1 spiro atoms. The molecule has 3 saturated carbocycles. The molecule has 4 aliphatic heterocycles. The molecule has 4 saturated heterocycles. The van der Waals surface area contributed by atoms with E-state index in [4.69, 9.17) is 9.47 Å². The lowest BCUT2D eigenvalue weighted by atomic mass is 9.76. The Morgan fingerprint density at radius 2 is 1.22 bits per heavy atom. The van der Waals surface area contributed by atoms with Crippen LogP contribution in [0.5, 0.6) is 0 Å². The summed E-state index contributed by atoms with van der Waals surface area (Å²) < 4.78 is 127. The van der Waals surface area contributed by atoms with Crippen LogP contribution in [-0.4, -0.2) is 301 Å². The molecule has 0 aromatic heterocycles. The van der Waals surface area contributed by atoms with Gasteiger partial charge in [-0.25, -0.2) is 8.78 Å². The predicted octanol–water partition coefficient (Wildman–Crippen LogP) is 5.81. The zero-order chi connectivity index (χ0) is 81.2. The molecule has 3 N–H and O–H groups in total. The number of likely N-dealkylation sites (N-methyl/N-ethyl adjacent to an activating group) is 6. The van der Waals surface area contributed by atoms with E-state index in [-0.39, 0.29) is 129 Å². The fraction of sp³-hybridized carbons (Fsp3) is 0.840. The predicted molar refractivity (Wildman–Crippen MR) is 383 cm³/mol. The molecule has 34 heteroatoms. The average molecular weight is 1560 g/mol. The topological polar surface area (TPSA) is 289 Å². The summed E-state index contributed by atoms with van der Waals surface area (Å²) >= 11 is 0. The summed E-state index contributed by atoms with van der Waals surface area (Å²) in [5.74, 6) is -17.3. The van der Waals surface area contributed by atoms with Crippen molar-refractivity contribution in [1.82, 2.24) is 60.0 Å². The van der Waals surface area contributed by atoms with E-state index in [0.29, 0.717) is 19.3 Å². The molecule has 26 nitrogen and oxygen atoms in total. The summed E-state index contributed by atoms with van der Waals surface area (Å²) in [6.45, 7) is 13.1. The number of hydrogen-bond donors (Lipinski definition) is 3. The van der Waals surface area contributed by atoms with Gasteiger partial charge in [0.1, 0.15) is 78.2 Å². The number of rotatable bonds is 14. The SMILES string of the molecule is CCO[C@@H]1C[C@H]2C(=O)NC3(CCCC3)C(=O)N(C)[C@@H]([C@@H](C)CC)C(=O)N(C)[C@H](C(=O)N3CCOCC3)CC(=O)N(C)[C@@H](CC(C)C)C(=O)N[C@@H]([C@@H](C)CC)C(=O)N(C)[C@@H](C)C(=O)N3CC[C@H]3C(=O)N(C)[C@@H](CC3CCC(C(F)(F)F)CC3)C(=O)N(C)CC(=O)N[C@@H](CCC3CC(F)C(C(F)(F)F)C(F)C3)C(=O)N2C1. The Labute approximate surface area is 635 Å². The largest absolute Gasteiger partial charge is 0.397 e. The summed E-state index contributed by atoms with van der Waals surface area (Å²) in [6.07, 6.45) is -18.3. The number of ether oxygens (including phenoxy) is 2. The van der Waals surface area contributed by atoms with Crippen molar-refractivity contribution in [3.05, 3.63) is 0 Å². The van der Waals surface area contributed by atoms with Crippen LogP contribution >= 0.6 is 0 Å². The number of carbonyl (C=O) groups is 12. The summed E-state index contributed by atoms with van der Waals surface area (Å²) in [6, 6.07) is -12.7. The fourth-order valence-electron chi connectivity index (χ4n) is 17.0. The molecular formula is C75H118F8N12O14. The van der Waals surface area contributed by atoms with Crippen molar-refractivity contribution < 1.29 is 102 Å².